The van der Waals surface area contributed by atoms with E-state index in [-0.39, 0.29) is 11.9 Å². The van der Waals surface area contributed by atoms with Gasteiger partial charge in [0.25, 0.3) is 0 Å². The molecule has 5 heteroatoms. The summed E-state index contributed by atoms with van der Waals surface area (Å²) in [6.07, 6.45) is 0.516. The minimum absolute atomic E-state index is 0.143. The molecule has 0 radical (unpaired) electrons. The van der Waals surface area contributed by atoms with E-state index < -0.39 is 0 Å². The topological polar surface area (TPSA) is 45.2 Å². The molecule has 1 aromatic carbocycles. The number of rotatable bonds is 5. The molecular formula is C14H19N3OS. The summed E-state index contributed by atoms with van der Waals surface area (Å²) in [6.45, 7) is 2.76. The lowest BCUT2D eigenvalue weighted by molar-refractivity contribution is -0.128. The van der Waals surface area contributed by atoms with Crippen LogP contribution in [0.1, 0.15) is 24.4 Å². The predicted octanol–water partition coefficient (Wildman–Crippen LogP) is 2.43. The van der Waals surface area contributed by atoms with Crippen LogP contribution in [-0.2, 0) is 4.79 Å². The molecule has 1 aromatic heterocycles. The molecule has 102 valence electrons. The minimum Gasteiger partial charge on any atom is -0.349 e. The molecule has 0 saturated carbocycles. The summed E-state index contributed by atoms with van der Waals surface area (Å²) in [7, 11) is 3.55. The summed E-state index contributed by atoms with van der Waals surface area (Å²) < 4.78 is 1.20. The number of nitrogens with one attached hydrogen (secondary N) is 1. The molecule has 1 atom stereocenters. The predicted molar refractivity (Wildman–Crippen MR) is 79.3 cm³/mol. The van der Waals surface area contributed by atoms with Crippen molar-refractivity contribution < 1.29 is 4.79 Å². The molecule has 0 bridgehead atoms. The normalized spacial score (nSPS) is 12.6. The second kappa shape index (κ2) is 6.12. The van der Waals surface area contributed by atoms with Gasteiger partial charge in [-0.25, -0.2) is 4.98 Å². The zero-order chi connectivity index (χ0) is 13.8. The summed E-state index contributed by atoms with van der Waals surface area (Å²) in [6, 6.07) is 8.31. The van der Waals surface area contributed by atoms with Crippen molar-refractivity contribution in [1.29, 1.82) is 0 Å². The number of aromatic nitrogens is 1. The van der Waals surface area contributed by atoms with E-state index in [1.165, 1.54) is 4.70 Å². The van der Waals surface area contributed by atoms with Gasteiger partial charge >= 0.3 is 0 Å². The monoisotopic (exact) mass is 277 g/mol. The zero-order valence-corrected chi connectivity index (χ0v) is 12.3. The second-order valence-corrected chi connectivity index (χ2v) is 5.80. The van der Waals surface area contributed by atoms with E-state index in [1.54, 1.807) is 30.3 Å². The van der Waals surface area contributed by atoms with Crippen molar-refractivity contribution in [2.24, 2.45) is 0 Å². The Morgan fingerprint density at radius 3 is 2.84 bits per heavy atom. The number of hydrogen-bond acceptors (Lipinski definition) is 4. The molecule has 0 saturated heterocycles. The number of fused-ring (bicyclic) bond motifs is 1. The van der Waals surface area contributed by atoms with E-state index in [0.29, 0.717) is 13.0 Å². The van der Waals surface area contributed by atoms with Gasteiger partial charge in [0.1, 0.15) is 5.01 Å². The lowest BCUT2D eigenvalue weighted by Crippen LogP contribution is -2.28. The van der Waals surface area contributed by atoms with Crippen molar-refractivity contribution in [2.75, 3.05) is 20.6 Å². The number of carbonyl (C=O) groups is 1. The quantitative estimate of drug-likeness (QED) is 0.913. The fraction of sp³-hybridized carbons (Fsp3) is 0.429. The smallest absolute Gasteiger partial charge is 0.223 e. The van der Waals surface area contributed by atoms with Gasteiger partial charge in [0.2, 0.25) is 5.91 Å². The van der Waals surface area contributed by atoms with Crippen LogP contribution in [0.25, 0.3) is 10.2 Å². The van der Waals surface area contributed by atoms with E-state index in [2.05, 4.69) is 23.3 Å². The Labute approximate surface area is 117 Å². The maximum atomic E-state index is 11.5. The molecule has 4 nitrogen and oxygen atoms in total. The summed E-state index contributed by atoms with van der Waals surface area (Å²) in [5.74, 6) is 0.143. The van der Waals surface area contributed by atoms with Crippen LogP contribution in [0.15, 0.2) is 24.3 Å². The van der Waals surface area contributed by atoms with Crippen LogP contribution in [0.4, 0.5) is 0 Å². The fourth-order valence-corrected chi connectivity index (χ4v) is 2.78. The molecule has 0 aliphatic heterocycles. The first-order valence-electron chi connectivity index (χ1n) is 6.37. The molecule has 2 aromatic rings. The molecule has 0 aliphatic rings. The third-order valence-corrected chi connectivity index (χ3v) is 4.19. The highest BCUT2D eigenvalue weighted by molar-refractivity contribution is 7.18. The average Bonchev–Trinajstić information content (AvgIpc) is 2.82. The van der Waals surface area contributed by atoms with Crippen molar-refractivity contribution >= 4 is 27.5 Å². The van der Waals surface area contributed by atoms with Crippen LogP contribution in [0.3, 0.4) is 0 Å². The van der Waals surface area contributed by atoms with Gasteiger partial charge in [0, 0.05) is 27.1 Å². The van der Waals surface area contributed by atoms with Gasteiger partial charge < -0.3 is 10.2 Å². The highest BCUT2D eigenvalue weighted by Crippen LogP contribution is 2.25. The van der Waals surface area contributed by atoms with Crippen LogP contribution in [0.5, 0.6) is 0 Å². The average molecular weight is 277 g/mol. The molecule has 0 aliphatic carbocycles. The van der Waals surface area contributed by atoms with Crippen molar-refractivity contribution in [1.82, 2.24) is 15.2 Å². The first-order chi connectivity index (χ1) is 9.08. The van der Waals surface area contributed by atoms with Gasteiger partial charge in [-0.15, -0.1) is 11.3 Å². The van der Waals surface area contributed by atoms with Crippen LogP contribution >= 0.6 is 11.3 Å². The van der Waals surface area contributed by atoms with Crippen LogP contribution < -0.4 is 5.32 Å². The molecule has 0 fully saturated rings. The van der Waals surface area contributed by atoms with Gasteiger partial charge in [-0.3, -0.25) is 4.79 Å². The highest BCUT2D eigenvalue weighted by Gasteiger charge is 2.11. The first-order valence-corrected chi connectivity index (χ1v) is 7.18. The van der Waals surface area contributed by atoms with Crippen molar-refractivity contribution in [3.63, 3.8) is 0 Å². The Balaban J connectivity index is 1.92. The van der Waals surface area contributed by atoms with E-state index in [4.69, 9.17) is 0 Å². The van der Waals surface area contributed by atoms with E-state index in [9.17, 15) is 4.79 Å². The summed E-state index contributed by atoms with van der Waals surface area (Å²) >= 11 is 1.70. The van der Waals surface area contributed by atoms with Crippen LogP contribution in [0, 0.1) is 0 Å². The molecule has 1 amide bonds. The molecule has 2 rings (SSSR count). The first kappa shape index (κ1) is 14.0. The summed E-state index contributed by atoms with van der Waals surface area (Å²) in [5.41, 5.74) is 1.04. The van der Waals surface area contributed by atoms with Crippen molar-refractivity contribution in [3.05, 3.63) is 29.3 Å². The lowest BCUT2D eigenvalue weighted by atomic mass is 10.3. The van der Waals surface area contributed by atoms with Gasteiger partial charge in [-0.05, 0) is 19.1 Å². The number of amides is 1. The lowest BCUT2D eigenvalue weighted by Gasteiger charge is -2.13. The van der Waals surface area contributed by atoms with Crippen molar-refractivity contribution in [3.8, 4) is 0 Å². The van der Waals surface area contributed by atoms with Gasteiger partial charge in [-0.2, -0.15) is 0 Å². The molecule has 0 spiro atoms. The molecular weight excluding hydrogens is 258 g/mol. The molecule has 19 heavy (non-hydrogen) atoms. The highest BCUT2D eigenvalue weighted by atomic mass is 32.1. The Kier molecular flexibility index (Phi) is 4.50. The van der Waals surface area contributed by atoms with Gasteiger partial charge in [-0.1, -0.05) is 12.1 Å². The standard InChI is InChI=1S/C14H19N3OS/c1-10(15-9-8-13(18)17(2)3)14-16-11-6-4-5-7-12(11)19-14/h4-7,10,15H,8-9H2,1-3H3. The van der Waals surface area contributed by atoms with Gasteiger partial charge in [0.15, 0.2) is 0 Å². The van der Waals surface area contributed by atoms with Gasteiger partial charge in [0.05, 0.1) is 16.3 Å². The van der Waals surface area contributed by atoms with Crippen LogP contribution in [0.2, 0.25) is 0 Å². The Hall–Kier alpha value is -1.46. The number of thiazole rings is 1. The Morgan fingerprint density at radius 2 is 2.16 bits per heavy atom. The largest absolute Gasteiger partial charge is 0.349 e. The van der Waals surface area contributed by atoms with E-state index in [0.717, 1.165) is 10.5 Å². The Morgan fingerprint density at radius 1 is 1.42 bits per heavy atom. The third-order valence-electron chi connectivity index (χ3n) is 2.97. The number of nitrogens with zero attached hydrogens (tertiary/aromatic N) is 2. The number of hydrogen-bond donors (Lipinski definition) is 1. The van der Waals surface area contributed by atoms with Crippen LogP contribution in [-0.4, -0.2) is 36.4 Å². The minimum atomic E-state index is 0.143. The van der Waals surface area contributed by atoms with E-state index in [1.807, 2.05) is 18.2 Å². The van der Waals surface area contributed by atoms with E-state index >= 15 is 0 Å². The SMILES string of the molecule is CC(NCCC(=O)N(C)C)c1nc2ccccc2s1. The maximum Gasteiger partial charge on any atom is 0.223 e. The zero-order valence-electron chi connectivity index (χ0n) is 11.5. The molecule has 1 heterocycles. The fourth-order valence-electron chi connectivity index (χ4n) is 1.78. The summed E-state index contributed by atoms with van der Waals surface area (Å²) in [4.78, 5) is 17.7. The maximum absolute atomic E-state index is 11.5. The number of benzene rings is 1. The van der Waals surface area contributed by atoms with Crippen molar-refractivity contribution in [2.45, 2.75) is 19.4 Å². The Bertz CT molecular complexity index is 532. The second-order valence-electron chi connectivity index (χ2n) is 4.73. The third kappa shape index (κ3) is 3.52. The number of para-hydroxylation sites is 1. The molecule has 1 N–H and O–H groups in total. The number of carbonyl (C=O) groups excluding carboxylic acids is 1. The summed E-state index contributed by atoms with van der Waals surface area (Å²) in [5, 5.41) is 4.41. The molecule has 1 unspecified atom stereocenters.